The lowest BCUT2D eigenvalue weighted by atomic mass is 9.73. The maximum atomic E-state index is 12.0. The van der Waals surface area contributed by atoms with Crippen LogP contribution in [0.1, 0.15) is 43.7 Å². The molecule has 5 heteroatoms. The number of benzene rings is 1. The fourth-order valence-electron chi connectivity index (χ4n) is 3.11. The second-order valence-electron chi connectivity index (χ2n) is 6.70. The maximum Gasteiger partial charge on any atom is 0.315 e. The van der Waals surface area contributed by atoms with E-state index in [1.165, 1.54) is 0 Å². The van der Waals surface area contributed by atoms with Gasteiger partial charge in [0.25, 0.3) is 0 Å². The van der Waals surface area contributed by atoms with Crippen molar-refractivity contribution in [2.24, 2.45) is 5.41 Å². The van der Waals surface area contributed by atoms with E-state index in [-0.39, 0.29) is 17.6 Å². The lowest BCUT2D eigenvalue weighted by molar-refractivity contribution is 0.00309. The number of methoxy groups -OCH3 is 1. The van der Waals surface area contributed by atoms with Crippen LogP contribution in [0.15, 0.2) is 24.3 Å². The number of urea groups is 1. The molecule has 3 N–H and O–H groups in total. The fraction of sp³-hybridized carbons (Fsp3) is 0.611. The van der Waals surface area contributed by atoms with Crippen LogP contribution >= 0.6 is 0 Å². The van der Waals surface area contributed by atoms with Gasteiger partial charge in [-0.3, -0.25) is 0 Å². The number of rotatable bonds is 6. The molecule has 2 rings (SSSR count). The fourth-order valence-corrected chi connectivity index (χ4v) is 3.11. The van der Waals surface area contributed by atoms with E-state index in [0.717, 1.165) is 36.8 Å². The van der Waals surface area contributed by atoms with Crippen molar-refractivity contribution in [3.63, 3.8) is 0 Å². The minimum absolute atomic E-state index is 0.193. The zero-order valence-electron chi connectivity index (χ0n) is 14.1. The highest BCUT2D eigenvalue weighted by Crippen LogP contribution is 2.35. The van der Waals surface area contributed by atoms with E-state index in [4.69, 9.17) is 4.74 Å². The van der Waals surface area contributed by atoms with Crippen LogP contribution < -0.4 is 10.6 Å². The smallest absolute Gasteiger partial charge is 0.315 e. The van der Waals surface area contributed by atoms with Crippen LogP contribution in [-0.2, 0) is 17.9 Å². The zero-order chi connectivity index (χ0) is 16.7. The Balaban J connectivity index is 1.77. The monoisotopic (exact) mass is 320 g/mol. The molecule has 0 aliphatic heterocycles. The summed E-state index contributed by atoms with van der Waals surface area (Å²) in [6.45, 7) is 3.59. The second kappa shape index (κ2) is 8.31. The van der Waals surface area contributed by atoms with Gasteiger partial charge in [0.05, 0.1) is 12.7 Å². The number of carbonyl (C=O) groups is 1. The van der Waals surface area contributed by atoms with E-state index in [9.17, 15) is 9.90 Å². The minimum atomic E-state index is -0.331. The number of nitrogens with one attached hydrogen (secondary N) is 2. The van der Waals surface area contributed by atoms with Gasteiger partial charge in [-0.15, -0.1) is 0 Å². The molecule has 0 radical (unpaired) electrons. The Hall–Kier alpha value is -1.59. The molecule has 0 bridgehead atoms. The van der Waals surface area contributed by atoms with E-state index >= 15 is 0 Å². The molecule has 1 aromatic rings. The van der Waals surface area contributed by atoms with Gasteiger partial charge in [0.15, 0.2) is 0 Å². The Morgan fingerprint density at radius 1 is 1.35 bits per heavy atom. The SMILES string of the molecule is COCc1cccc(CNC(=O)NCC2(C)CCCCC2O)c1. The third-order valence-electron chi connectivity index (χ3n) is 4.69. The van der Waals surface area contributed by atoms with Gasteiger partial charge < -0.3 is 20.5 Å². The van der Waals surface area contributed by atoms with Crippen molar-refractivity contribution in [3.05, 3.63) is 35.4 Å². The van der Waals surface area contributed by atoms with Gasteiger partial charge in [0.1, 0.15) is 0 Å². The number of amides is 2. The second-order valence-corrected chi connectivity index (χ2v) is 6.70. The predicted octanol–water partition coefficient (Wildman–Crippen LogP) is 2.57. The molecule has 5 nitrogen and oxygen atoms in total. The van der Waals surface area contributed by atoms with E-state index in [1.54, 1.807) is 7.11 Å². The van der Waals surface area contributed by atoms with Crippen molar-refractivity contribution in [3.8, 4) is 0 Å². The summed E-state index contributed by atoms with van der Waals surface area (Å²) in [5.74, 6) is 0. The number of ether oxygens (including phenoxy) is 1. The molecule has 2 unspecified atom stereocenters. The van der Waals surface area contributed by atoms with Crippen LogP contribution in [0.5, 0.6) is 0 Å². The molecule has 1 aromatic carbocycles. The molecule has 2 amide bonds. The Kier molecular flexibility index (Phi) is 6.42. The molecule has 0 heterocycles. The minimum Gasteiger partial charge on any atom is -0.392 e. The number of carbonyl (C=O) groups excluding carboxylic acids is 1. The highest BCUT2D eigenvalue weighted by atomic mass is 16.5. The largest absolute Gasteiger partial charge is 0.392 e. The Morgan fingerprint density at radius 3 is 2.87 bits per heavy atom. The molecule has 0 spiro atoms. The lowest BCUT2D eigenvalue weighted by Gasteiger charge is -2.38. The van der Waals surface area contributed by atoms with Crippen molar-refractivity contribution >= 4 is 6.03 Å². The van der Waals surface area contributed by atoms with Gasteiger partial charge in [-0.05, 0) is 24.0 Å². The summed E-state index contributed by atoms with van der Waals surface area (Å²) >= 11 is 0. The van der Waals surface area contributed by atoms with Crippen LogP contribution in [0.2, 0.25) is 0 Å². The summed E-state index contributed by atoms with van der Waals surface area (Å²) < 4.78 is 5.11. The Bertz CT molecular complexity index is 521. The number of hydrogen-bond donors (Lipinski definition) is 3. The number of aliphatic hydroxyl groups is 1. The zero-order valence-corrected chi connectivity index (χ0v) is 14.1. The van der Waals surface area contributed by atoms with Gasteiger partial charge in [-0.1, -0.05) is 44.0 Å². The van der Waals surface area contributed by atoms with E-state index in [1.807, 2.05) is 31.2 Å². The Labute approximate surface area is 138 Å². The number of hydrogen-bond acceptors (Lipinski definition) is 3. The van der Waals surface area contributed by atoms with Crippen molar-refractivity contribution in [2.45, 2.75) is 51.9 Å². The summed E-state index contributed by atoms with van der Waals surface area (Å²) in [4.78, 5) is 12.0. The predicted molar refractivity (Wildman–Crippen MR) is 90.0 cm³/mol. The van der Waals surface area contributed by atoms with Crippen molar-refractivity contribution in [1.29, 1.82) is 0 Å². The molecule has 1 saturated carbocycles. The summed E-state index contributed by atoms with van der Waals surface area (Å²) in [5, 5.41) is 15.9. The van der Waals surface area contributed by atoms with Crippen LogP contribution in [0, 0.1) is 5.41 Å². The Morgan fingerprint density at radius 2 is 2.13 bits per heavy atom. The van der Waals surface area contributed by atoms with E-state index in [2.05, 4.69) is 10.6 Å². The average molecular weight is 320 g/mol. The first kappa shape index (κ1) is 17.8. The van der Waals surface area contributed by atoms with E-state index < -0.39 is 0 Å². The molecule has 128 valence electrons. The van der Waals surface area contributed by atoms with Crippen molar-refractivity contribution in [1.82, 2.24) is 10.6 Å². The molecular formula is C18H28N2O3. The lowest BCUT2D eigenvalue weighted by Crippen LogP contribution is -2.47. The molecule has 1 fully saturated rings. The van der Waals surface area contributed by atoms with Crippen molar-refractivity contribution in [2.75, 3.05) is 13.7 Å². The normalized spacial score (nSPS) is 24.2. The topological polar surface area (TPSA) is 70.6 Å². The van der Waals surface area contributed by atoms with Gasteiger partial charge in [0, 0.05) is 25.6 Å². The molecule has 0 aromatic heterocycles. The summed E-state index contributed by atoms with van der Waals surface area (Å²) in [5.41, 5.74) is 1.91. The van der Waals surface area contributed by atoms with Crippen molar-refractivity contribution < 1.29 is 14.6 Å². The first-order valence-electron chi connectivity index (χ1n) is 8.30. The van der Waals surface area contributed by atoms with Crippen LogP contribution in [0.25, 0.3) is 0 Å². The quantitative estimate of drug-likeness (QED) is 0.754. The molecule has 1 aliphatic rings. The first-order valence-corrected chi connectivity index (χ1v) is 8.30. The third kappa shape index (κ3) is 5.22. The first-order chi connectivity index (χ1) is 11.0. The van der Waals surface area contributed by atoms with Crippen LogP contribution in [0.3, 0.4) is 0 Å². The van der Waals surface area contributed by atoms with Crippen LogP contribution in [-0.4, -0.2) is 30.9 Å². The highest BCUT2D eigenvalue weighted by molar-refractivity contribution is 5.73. The average Bonchev–Trinajstić information content (AvgIpc) is 2.55. The maximum absolute atomic E-state index is 12.0. The summed E-state index contributed by atoms with van der Waals surface area (Å²) in [6.07, 6.45) is 3.63. The van der Waals surface area contributed by atoms with Gasteiger partial charge in [0.2, 0.25) is 0 Å². The molecule has 23 heavy (non-hydrogen) atoms. The van der Waals surface area contributed by atoms with Gasteiger partial charge in [-0.2, -0.15) is 0 Å². The standard InChI is InChI=1S/C18H28N2O3/c1-18(9-4-3-8-16(18)21)13-20-17(22)19-11-14-6-5-7-15(10-14)12-23-2/h5-7,10,16,21H,3-4,8-9,11-13H2,1-2H3,(H2,19,20,22). The van der Waals surface area contributed by atoms with E-state index in [0.29, 0.717) is 19.7 Å². The van der Waals surface area contributed by atoms with Gasteiger partial charge >= 0.3 is 6.03 Å². The number of aliphatic hydroxyl groups excluding tert-OH is 1. The molecular weight excluding hydrogens is 292 g/mol. The van der Waals surface area contributed by atoms with Crippen LogP contribution in [0.4, 0.5) is 4.79 Å². The van der Waals surface area contributed by atoms with Gasteiger partial charge in [-0.25, -0.2) is 4.79 Å². The molecule has 1 aliphatic carbocycles. The molecule has 0 saturated heterocycles. The highest BCUT2D eigenvalue weighted by Gasteiger charge is 2.35. The molecule has 2 atom stereocenters. The summed E-state index contributed by atoms with van der Waals surface area (Å²) in [7, 11) is 1.67. The summed E-state index contributed by atoms with van der Waals surface area (Å²) in [6, 6.07) is 7.77. The third-order valence-corrected chi connectivity index (χ3v) is 4.69.